The van der Waals surface area contributed by atoms with E-state index in [0.717, 1.165) is 32.5 Å². The fraction of sp³-hybridized carbons (Fsp3) is 0.579. The van der Waals surface area contributed by atoms with Crippen LogP contribution in [0.15, 0.2) is 23.2 Å². The molecule has 5 nitrogen and oxygen atoms in total. The molecule has 0 aliphatic heterocycles. The zero-order chi connectivity index (χ0) is 18.7. The Bertz CT molecular complexity index is 596. The summed E-state index contributed by atoms with van der Waals surface area (Å²) in [7, 11) is 1.69. The monoisotopic (exact) mass is 475 g/mol. The van der Waals surface area contributed by atoms with E-state index in [1.165, 1.54) is 12.1 Å². The van der Waals surface area contributed by atoms with Crippen molar-refractivity contribution >= 4 is 29.9 Å². The smallest absolute Gasteiger partial charge is 0.191 e. The number of benzene rings is 1. The highest BCUT2D eigenvalue weighted by Gasteiger charge is 2.08. The first-order chi connectivity index (χ1) is 12.0. The standard InChI is InChI=1S/C19H30FN5.HI/c1-5-25(6-2)11-7-8-15(3)24-19(22-4)23-14-17-12-16(13-21)9-10-18(17)20;/h9-10,12,15H,5-8,11,14H2,1-4H3,(H2,22,23,24);1H. The number of rotatable bonds is 9. The largest absolute Gasteiger partial charge is 0.354 e. The molecule has 0 amide bonds. The fourth-order valence-corrected chi connectivity index (χ4v) is 2.62. The van der Waals surface area contributed by atoms with Crippen molar-refractivity contribution in [3.05, 3.63) is 35.1 Å². The molecule has 1 unspecified atom stereocenters. The second-order valence-electron chi connectivity index (χ2n) is 6.06. The highest BCUT2D eigenvalue weighted by atomic mass is 127. The molecule has 0 radical (unpaired) electrons. The van der Waals surface area contributed by atoms with Crippen molar-refractivity contribution in [2.75, 3.05) is 26.7 Å². The van der Waals surface area contributed by atoms with Gasteiger partial charge in [0, 0.05) is 25.2 Å². The van der Waals surface area contributed by atoms with Gasteiger partial charge in [0.05, 0.1) is 11.6 Å². The maximum absolute atomic E-state index is 13.8. The molecule has 0 aliphatic rings. The molecule has 7 heteroatoms. The van der Waals surface area contributed by atoms with Gasteiger partial charge in [0.15, 0.2) is 5.96 Å². The number of hydrogen-bond donors (Lipinski definition) is 2. The van der Waals surface area contributed by atoms with E-state index < -0.39 is 0 Å². The van der Waals surface area contributed by atoms with Crippen LogP contribution in [-0.2, 0) is 6.54 Å². The fourth-order valence-electron chi connectivity index (χ4n) is 2.62. The summed E-state index contributed by atoms with van der Waals surface area (Å²) in [6.07, 6.45) is 2.15. The Morgan fingerprint density at radius 3 is 2.62 bits per heavy atom. The Labute approximate surface area is 174 Å². The normalized spacial score (nSPS) is 12.3. The minimum Gasteiger partial charge on any atom is -0.354 e. The molecule has 1 aromatic carbocycles. The minimum absolute atomic E-state index is 0. The molecular weight excluding hydrogens is 444 g/mol. The third-order valence-corrected chi connectivity index (χ3v) is 4.23. The van der Waals surface area contributed by atoms with Crippen LogP contribution < -0.4 is 10.6 Å². The summed E-state index contributed by atoms with van der Waals surface area (Å²) in [4.78, 5) is 6.59. The van der Waals surface area contributed by atoms with Crippen LogP contribution in [0.4, 0.5) is 4.39 Å². The molecule has 146 valence electrons. The summed E-state index contributed by atoms with van der Waals surface area (Å²) in [5, 5.41) is 15.4. The molecule has 26 heavy (non-hydrogen) atoms. The third-order valence-electron chi connectivity index (χ3n) is 4.23. The Morgan fingerprint density at radius 1 is 1.35 bits per heavy atom. The summed E-state index contributed by atoms with van der Waals surface area (Å²) in [5.74, 6) is 0.311. The van der Waals surface area contributed by atoms with Crippen molar-refractivity contribution in [3.8, 4) is 6.07 Å². The molecular formula is C19H31FIN5. The second-order valence-corrected chi connectivity index (χ2v) is 6.06. The van der Waals surface area contributed by atoms with Gasteiger partial charge in [-0.25, -0.2) is 4.39 Å². The number of halogens is 2. The molecule has 0 aliphatic carbocycles. The first-order valence-corrected chi connectivity index (χ1v) is 8.92. The molecule has 0 spiro atoms. The lowest BCUT2D eigenvalue weighted by molar-refractivity contribution is 0.292. The molecule has 0 fully saturated rings. The molecule has 1 rings (SSSR count). The second kappa shape index (κ2) is 13.8. The molecule has 0 bridgehead atoms. The Balaban J connectivity index is 0.00000625. The van der Waals surface area contributed by atoms with Crippen molar-refractivity contribution in [2.45, 2.75) is 46.2 Å². The van der Waals surface area contributed by atoms with Gasteiger partial charge in [-0.3, -0.25) is 4.99 Å². The van der Waals surface area contributed by atoms with Crippen LogP contribution >= 0.6 is 24.0 Å². The highest BCUT2D eigenvalue weighted by Crippen LogP contribution is 2.09. The summed E-state index contributed by atoms with van der Waals surface area (Å²) in [6, 6.07) is 6.66. The Morgan fingerprint density at radius 2 is 2.04 bits per heavy atom. The van der Waals surface area contributed by atoms with Crippen LogP contribution in [0.2, 0.25) is 0 Å². The van der Waals surface area contributed by atoms with Gasteiger partial charge in [-0.15, -0.1) is 24.0 Å². The molecule has 0 heterocycles. The number of nitrogens with one attached hydrogen (secondary N) is 2. The van der Waals surface area contributed by atoms with Gasteiger partial charge < -0.3 is 15.5 Å². The van der Waals surface area contributed by atoms with E-state index in [1.54, 1.807) is 13.1 Å². The van der Waals surface area contributed by atoms with Crippen LogP contribution in [0.25, 0.3) is 0 Å². The average Bonchev–Trinajstić information content (AvgIpc) is 2.63. The van der Waals surface area contributed by atoms with Gasteiger partial charge in [0.1, 0.15) is 5.82 Å². The van der Waals surface area contributed by atoms with Crippen LogP contribution in [-0.4, -0.2) is 43.6 Å². The highest BCUT2D eigenvalue weighted by molar-refractivity contribution is 14.0. The molecule has 0 saturated carbocycles. The predicted octanol–water partition coefficient (Wildman–Crippen LogP) is 3.49. The van der Waals surface area contributed by atoms with Crippen LogP contribution in [0.3, 0.4) is 0 Å². The number of aliphatic imine (C=N–C) groups is 1. The van der Waals surface area contributed by atoms with Crippen LogP contribution in [0.1, 0.15) is 44.7 Å². The van der Waals surface area contributed by atoms with Crippen molar-refractivity contribution in [2.24, 2.45) is 4.99 Å². The zero-order valence-corrected chi connectivity index (χ0v) is 18.5. The predicted molar refractivity (Wildman–Crippen MR) is 116 cm³/mol. The van der Waals surface area contributed by atoms with Crippen LogP contribution in [0, 0.1) is 17.1 Å². The molecule has 0 aromatic heterocycles. The first kappa shape index (κ1) is 24.6. The van der Waals surface area contributed by atoms with Crippen molar-refractivity contribution in [1.29, 1.82) is 5.26 Å². The summed E-state index contributed by atoms with van der Waals surface area (Å²) >= 11 is 0. The van der Waals surface area contributed by atoms with Gasteiger partial charge in [-0.2, -0.15) is 5.26 Å². The molecule has 1 atom stereocenters. The van der Waals surface area contributed by atoms with E-state index in [0.29, 0.717) is 17.1 Å². The van der Waals surface area contributed by atoms with E-state index in [1.807, 2.05) is 6.07 Å². The lowest BCUT2D eigenvalue weighted by Crippen LogP contribution is -2.42. The van der Waals surface area contributed by atoms with Crippen molar-refractivity contribution in [1.82, 2.24) is 15.5 Å². The van der Waals surface area contributed by atoms with E-state index in [9.17, 15) is 4.39 Å². The molecule has 0 saturated heterocycles. The molecule has 2 N–H and O–H groups in total. The number of hydrogen-bond acceptors (Lipinski definition) is 3. The lowest BCUT2D eigenvalue weighted by atomic mass is 10.1. The SMILES string of the molecule is CCN(CC)CCCC(C)NC(=NC)NCc1cc(C#N)ccc1F.I. The lowest BCUT2D eigenvalue weighted by Gasteiger charge is -2.21. The van der Waals surface area contributed by atoms with Gasteiger partial charge >= 0.3 is 0 Å². The summed E-state index contributed by atoms with van der Waals surface area (Å²) < 4.78 is 13.8. The first-order valence-electron chi connectivity index (χ1n) is 8.92. The Hall–Kier alpha value is -1.40. The number of nitrogens with zero attached hydrogens (tertiary/aromatic N) is 3. The van der Waals surface area contributed by atoms with E-state index in [-0.39, 0.29) is 42.4 Å². The number of guanidine groups is 1. The van der Waals surface area contributed by atoms with Gasteiger partial charge in [-0.1, -0.05) is 13.8 Å². The van der Waals surface area contributed by atoms with Crippen molar-refractivity contribution < 1.29 is 4.39 Å². The summed E-state index contributed by atoms with van der Waals surface area (Å²) in [5.41, 5.74) is 0.905. The van der Waals surface area contributed by atoms with E-state index in [4.69, 9.17) is 5.26 Å². The van der Waals surface area contributed by atoms with Gasteiger partial charge in [-0.05, 0) is 57.6 Å². The average molecular weight is 475 g/mol. The zero-order valence-electron chi connectivity index (χ0n) is 16.2. The topological polar surface area (TPSA) is 63.4 Å². The van der Waals surface area contributed by atoms with Crippen molar-refractivity contribution in [3.63, 3.8) is 0 Å². The minimum atomic E-state index is -0.325. The third kappa shape index (κ3) is 8.81. The van der Waals surface area contributed by atoms with E-state index >= 15 is 0 Å². The molecule has 1 aromatic rings. The van der Waals surface area contributed by atoms with Gasteiger partial charge in [0.25, 0.3) is 0 Å². The maximum atomic E-state index is 13.8. The Kier molecular flexibility index (Phi) is 13.0. The number of nitriles is 1. The quantitative estimate of drug-likeness (QED) is 0.326. The maximum Gasteiger partial charge on any atom is 0.191 e. The van der Waals surface area contributed by atoms with E-state index in [2.05, 4.69) is 41.3 Å². The summed E-state index contributed by atoms with van der Waals surface area (Å²) in [6.45, 7) is 10.0. The van der Waals surface area contributed by atoms with Gasteiger partial charge in [0.2, 0.25) is 0 Å². The van der Waals surface area contributed by atoms with Crippen LogP contribution in [0.5, 0.6) is 0 Å².